The third-order valence-electron chi connectivity index (χ3n) is 10.5. The maximum absolute atomic E-state index is 14.9. The second kappa shape index (κ2) is 16.6. The molecule has 5 atom stereocenters. The molecule has 5 amide bonds. The molecule has 19 heteroatoms. The van der Waals surface area contributed by atoms with Crippen LogP contribution in [-0.4, -0.2) is 95.1 Å². The van der Waals surface area contributed by atoms with Gasteiger partial charge in [-0.3, -0.25) is 19.3 Å². The highest BCUT2D eigenvalue weighted by molar-refractivity contribution is 7.90. The van der Waals surface area contributed by atoms with Crippen LogP contribution < -0.4 is 15.4 Å². The zero-order valence-electron chi connectivity index (χ0n) is 32.1. The number of carboxylic acid groups (broad SMARTS) is 1. The Hall–Kier alpha value is -5.23. The fraction of sp³-hybridized carbons (Fsp3) is 0.487. The summed E-state index contributed by atoms with van der Waals surface area (Å²) in [6, 6.07) is 5.99. The number of nitrogens with one attached hydrogen (secondary N) is 3. The lowest BCUT2D eigenvalue weighted by Gasteiger charge is -2.30. The molecule has 6 rings (SSSR count). The Labute approximate surface area is 339 Å². The van der Waals surface area contributed by atoms with E-state index < -0.39 is 102 Å². The Bertz CT molecular complexity index is 2140. The fourth-order valence-corrected chi connectivity index (χ4v) is 8.82. The van der Waals surface area contributed by atoms with Crippen LogP contribution in [0.5, 0.6) is 0 Å². The number of nitrogens with zero attached hydrogens (tertiary/aromatic N) is 2. The summed E-state index contributed by atoms with van der Waals surface area (Å²) in [7, 11) is -5.07. The van der Waals surface area contributed by atoms with E-state index in [0.717, 1.165) is 11.1 Å². The number of allylic oxidation sites excluding steroid dienone is 1. The Kier molecular flexibility index (Phi) is 12.1. The number of halogens is 2. The summed E-state index contributed by atoms with van der Waals surface area (Å²) in [6.45, 7) is 5.34. The van der Waals surface area contributed by atoms with Crippen LogP contribution in [0.2, 0.25) is 5.02 Å². The smallest absolute Gasteiger partial charge is 0.410 e. The van der Waals surface area contributed by atoms with Gasteiger partial charge in [-0.2, -0.15) is 0 Å². The Balaban J connectivity index is 1.28. The monoisotopic (exact) mass is 845 g/mol. The molecule has 0 unspecified atom stereocenters. The van der Waals surface area contributed by atoms with Crippen molar-refractivity contribution >= 4 is 57.5 Å². The molecule has 0 spiro atoms. The van der Waals surface area contributed by atoms with E-state index in [9.17, 15) is 46.7 Å². The second-order valence-corrected chi connectivity index (χ2v) is 18.0. The number of carboxylic acids is 1. The fourth-order valence-electron chi connectivity index (χ4n) is 7.46. The first-order chi connectivity index (χ1) is 27.3. The molecule has 0 aromatic heterocycles. The number of alkyl carbamates (subject to hydrolysis) is 1. The minimum absolute atomic E-state index is 0.0719. The van der Waals surface area contributed by atoms with Gasteiger partial charge in [0.15, 0.2) is 0 Å². The van der Waals surface area contributed by atoms with E-state index in [0.29, 0.717) is 50.9 Å². The van der Waals surface area contributed by atoms with Gasteiger partial charge in [-0.25, -0.2) is 31.9 Å². The molecule has 4 N–H and O–H groups in total. The van der Waals surface area contributed by atoms with E-state index in [2.05, 4.69) is 10.6 Å². The normalized spacial score (nSPS) is 25.5. The zero-order valence-corrected chi connectivity index (χ0v) is 33.7. The molecule has 2 aromatic rings. The number of rotatable bonds is 6. The second-order valence-electron chi connectivity index (χ2n) is 15.9. The van der Waals surface area contributed by atoms with Crippen molar-refractivity contribution in [2.45, 2.75) is 113 Å². The molecular formula is C39H45ClFN5O11S. The van der Waals surface area contributed by atoms with Crippen molar-refractivity contribution in [1.82, 2.24) is 25.2 Å². The summed E-state index contributed by atoms with van der Waals surface area (Å²) < 4.78 is 54.8. The van der Waals surface area contributed by atoms with Crippen molar-refractivity contribution in [3.63, 3.8) is 0 Å². The highest BCUT2D eigenvalue weighted by Crippen LogP contribution is 2.46. The van der Waals surface area contributed by atoms with E-state index in [4.69, 9.17) is 21.1 Å². The minimum atomic E-state index is -5.07. The summed E-state index contributed by atoms with van der Waals surface area (Å²) >= 11 is 5.80. The van der Waals surface area contributed by atoms with Crippen molar-refractivity contribution in [2.75, 3.05) is 6.54 Å². The third kappa shape index (κ3) is 9.38. The van der Waals surface area contributed by atoms with Crippen LogP contribution in [0.3, 0.4) is 0 Å². The molecule has 0 bridgehead atoms. The lowest BCUT2D eigenvalue weighted by Crippen LogP contribution is -2.58. The minimum Gasteiger partial charge on any atom is -0.478 e. The summed E-state index contributed by atoms with van der Waals surface area (Å²) in [5.41, 5.74) is -1.60. The van der Waals surface area contributed by atoms with E-state index in [1.807, 2.05) is 24.3 Å². The molecule has 58 heavy (non-hydrogen) atoms. The predicted molar refractivity (Wildman–Crippen MR) is 204 cm³/mol. The maximum Gasteiger partial charge on any atom is 0.410 e. The van der Waals surface area contributed by atoms with Crippen molar-refractivity contribution < 1.29 is 56.2 Å². The highest BCUT2D eigenvalue weighted by Gasteiger charge is 2.62. The van der Waals surface area contributed by atoms with Crippen LogP contribution >= 0.6 is 11.6 Å². The Morgan fingerprint density at radius 3 is 2.40 bits per heavy atom. The number of benzene rings is 2. The number of hydrogen-bond acceptors (Lipinski definition) is 10. The summed E-state index contributed by atoms with van der Waals surface area (Å²) in [6.07, 6.45) is 3.20. The maximum atomic E-state index is 14.9. The number of carbonyl (C=O) groups is 6. The molecule has 2 aromatic carbocycles. The van der Waals surface area contributed by atoms with Crippen molar-refractivity contribution in [3.05, 3.63) is 76.1 Å². The quantitative estimate of drug-likeness (QED) is 0.299. The largest absolute Gasteiger partial charge is 0.478 e. The van der Waals surface area contributed by atoms with Gasteiger partial charge >= 0.3 is 18.2 Å². The van der Waals surface area contributed by atoms with Crippen LogP contribution in [0.4, 0.5) is 14.0 Å². The topological polar surface area (TPSA) is 218 Å². The molecule has 0 radical (unpaired) electrons. The van der Waals surface area contributed by atoms with Crippen LogP contribution in [0.15, 0.2) is 53.4 Å². The average Bonchev–Trinajstić information content (AvgIpc) is 3.43. The summed E-state index contributed by atoms with van der Waals surface area (Å²) in [4.78, 5) is 82.2. The highest BCUT2D eigenvalue weighted by atomic mass is 35.5. The van der Waals surface area contributed by atoms with Crippen LogP contribution in [0.25, 0.3) is 0 Å². The van der Waals surface area contributed by atoms with Crippen molar-refractivity contribution in [2.24, 2.45) is 5.92 Å². The first-order valence-corrected chi connectivity index (χ1v) is 20.7. The zero-order chi connectivity index (χ0) is 42.2. The molecule has 1 saturated carbocycles. The van der Waals surface area contributed by atoms with Gasteiger partial charge in [0.2, 0.25) is 11.8 Å². The van der Waals surface area contributed by atoms with Crippen molar-refractivity contribution in [3.8, 4) is 0 Å². The number of fused-ring (bicyclic) bond motifs is 3. The van der Waals surface area contributed by atoms with Gasteiger partial charge in [0.05, 0.1) is 17.1 Å². The molecular weight excluding hydrogens is 801 g/mol. The Morgan fingerprint density at radius 2 is 1.74 bits per heavy atom. The van der Waals surface area contributed by atoms with Crippen LogP contribution in [0.1, 0.15) is 87.2 Å². The summed E-state index contributed by atoms with van der Waals surface area (Å²) in [5, 5.41) is 14.2. The van der Waals surface area contributed by atoms with E-state index in [1.54, 1.807) is 37.6 Å². The van der Waals surface area contributed by atoms with Crippen LogP contribution in [0, 0.1) is 11.7 Å². The predicted octanol–water partition coefficient (Wildman–Crippen LogP) is 4.39. The molecule has 3 heterocycles. The number of ether oxygens (including phenoxy) is 2. The van der Waals surface area contributed by atoms with Gasteiger partial charge in [0.25, 0.3) is 15.9 Å². The number of amides is 5. The molecule has 3 aliphatic heterocycles. The average molecular weight is 846 g/mol. The lowest BCUT2D eigenvalue weighted by atomic mass is 10.0. The molecule has 1 saturated heterocycles. The molecule has 16 nitrogen and oxygen atoms in total. The Morgan fingerprint density at radius 1 is 1.05 bits per heavy atom. The van der Waals surface area contributed by atoms with E-state index in [-0.39, 0.29) is 25.8 Å². The number of hydrogen-bond donors (Lipinski definition) is 4. The number of carbonyl (C=O) groups excluding carboxylic acids is 5. The molecule has 4 aliphatic rings. The van der Waals surface area contributed by atoms with Crippen molar-refractivity contribution in [1.29, 1.82) is 0 Å². The van der Waals surface area contributed by atoms with Crippen LogP contribution in [-0.2, 0) is 47.0 Å². The SMILES string of the molecule is CC(C)(C)OC(=O)N[C@H]1CCCCC/C=C\[C@@H]2C[C@@]2(C(=O)NS(=O)(=O)c2cc(C(=O)O)c(Cl)cc2F)NC(=O)[C@@H]2C[C@@H](OC(=O)N3Cc4ccccc4C3)CN2C1=O. The van der Waals surface area contributed by atoms with Gasteiger partial charge in [-0.05, 0) is 69.7 Å². The number of sulfonamides is 1. The van der Waals surface area contributed by atoms with Gasteiger partial charge in [0.1, 0.15) is 40.0 Å². The molecule has 312 valence electrons. The van der Waals surface area contributed by atoms with E-state index in [1.165, 1.54) is 9.80 Å². The van der Waals surface area contributed by atoms with Gasteiger partial charge in [-0.1, -0.05) is 60.9 Å². The standard InChI is InChI=1S/C39H45ClFN5O11S/c1-38(2,3)57-36(52)42-29-14-8-6-4-5-7-13-24-18-39(24,35(51)44-58(54,55)31-16-26(34(49)50)27(40)17-28(31)41)43-32(47)30-15-25(21-46(30)33(29)48)56-37(53)45-19-22-11-9-10-12-23(22)20-45/h7,9-13,16-17,24-25,29-30H,4-6,8,14-15,18-21H2,1-3H3,(H,42,52)(H,43,47)(H,44,51)(H,49,50)/b13-7-/t24-,25-,29+,30+,39-/m1/s1. The third-order valence-corrected chi connectivity index (χ3v) is 12.1. The van der Waals surface area contributed by atoms with Gasteiger partial charge in [-0.15, -0.1) is 0 Å². The number of aromatic carboxylic acids is 1. The first-order valence-electron chi connectivity index (χ1n) is 18.9. The molecule has 2 fully saturated rings. The van der Waals surface area contributed by atoms with Gasteiger partial charge < -0.3 is 30.1 Å². The molecule has 1 aliphatic carbocycles. The first kappa shape index (κ1) is 42.4. The van der Waals surface area contributed by atoms with Gasteiger partial charge in [0, 0.05) is 25.4 Å². The summed E-state index contributed by atoms with van der Waals surface area (Å²) in [5.74, 6) is -6.55. The van der Waals surface area contributed by atoms with E-state index >= 15 is 0 Å². The lowest BCUT2D eigenvalue weighted by molar-refractivity contribution is -0.141.